The number of nitrogens with zero attached hydrogens (tertiary/aromatic N) is 1. The summed E-state index contributed by atoms with van der Waals surface area (Å²) < 4.78 is 6.26. The van der Waals surface area contributed by atoms with E-state index in [0.717, 1.165) is 35.3 Å². The zero-order valence-corrected chi connectivity index (χ0v) is 13.1. The zero-order valence-electron chi connectivity index (χ0n) is 13.1. The standard InChI is InChI=1S/C18H24N2O/c1-4-18(2,3)21-17-11-14(12-19-13-9-10-13)20-16-8-6-5-7-15(16)17/h5-8,11,13,19H,4,9-10,12H2,1-3H3. The van der Waals surface area contributed by atoms with E-state index in [1.165, 1.54) is 12.8 Å². The number of hydrogen-bond acceptors (Lipinski definition) is 3. The van der Waals surface area contributed by atoms with Crippen molar-refractivity contribution in [3.63, 3.8) is 0 Å². The Bertz CT molecular complexity index is 632. The third-order valence-electron chi connectivity index (χ3n) is 4.12. The molecule has 0 bridgehead atoms. The lowest BCUT2D eigenvalue weighted by Gasteiger charge is -2.26. The molecule has 3 heteroatoms. The molecule has 1 heterocycles. The first-order chi connectivity index (χ1) is 10.1. The van der Waals surface area contributed by atoms with Gasteiger partial charge in [0.1, 0.15) is 11.4 Å². The molecule has 0 radical (unpaired) electrons. The Morgan fingerprint density at radius 2 is 2.05 bits per heavy atom. The number of hydrogen-bond donors (Lipinski definition) is 1. The van der Waals surface area contributed by atoms with Gasteiger partial charge in [-0.1, -0.05) is 19.1 Å². The first kappa shape index (κ1) is 14.3. The molecular formula is C18H24N2O. The molecule has 1 fully saturated rings. The second kappa shape index (κ2) is 5.64. The van der Waals surface area contributed by atoms with Crippen LogP contribution in [0.3, 0.4) is 0 Å². The van der Waals surface area contributed by atoms with E-state index in [1.807, 2.05) is 12.1 Å². The predicted octanol–water partition coefficient (Wildman–Crippen LogP) is 4.05. The van der Waals surface area contributed by atoms with Gasteiger partial charge in [-0.15, -0.1) is 0 Å². The van der Waals surface area contributed by atoms with E-state index < -0.39 is 0 Å². The highest BCUT2D eigenvalue weighted by Gasteiger charge is 2.22. The van der Waals surface area contributed by atoms with Gasteiger partial charge in [0.2, 0.25) is 0 Å². The Labute approximate surface area is 126 Å². The van der Waals surface area contributed by atoms with Crippen molar-refractivity contribution in [2.24, 2.45) is 0 Å². The van der Waals surface area contributed by atoms with Crippen LogP contribution in [0.15, 0.2) is 30.3 Å². The molecular weight excluding hydrogens is 260 g/mol. The maximum atomic E-state index is 6.26. The van der Waals surface area contributed by atoms with Crippen molar-refractivity contribution in [1.82, 2.24) is 10.3 Å². The summed E-state index contributed by atoms with van der Waals surface area (Å²) in [4.78, 5) is 4.75. The molecule has 1 aromatic heterocycles. The third-order valence-corrected chi connectivity index (χ3v) is 4.12. The molecule has 3 rings (SSSR count). The molecule has 0 aliphatic heterocycles. The van der Waals surface area contributed by atoms with E-state index in [2.05, 4.69) is 44.3 Å². The van der Waals surface area contributed by atoms with Gasteiger partial charge in [0, 0.05) is 24.0 Å². The summed E-state index contributed by atoms with van der Waals surface area (Å²) in [6.45, 7) is 7.23. The molecule has 21 heavy (non-hydrogen) atoms. The summed E-state index contributed by atoms with van der Waals surface area (Å²) in [5.74, 6) is 0.944. The molecule has 1 aliphatic carbocycles. The van der Waals surface area contributed by atoms with Crippen molar-refractivity contribution in [2.75, 3.05) is 0 Å². The van der Waals surface area contributed by atoms with Crippen molar-refractivity contribution in [3.05, 3.63) is 36.0 Å². The molecule has 1 aromatic carbocycles. The van der Waals surface area contributed by atoms with Crippen LogP contribution in [0, 0.1) is 0 Å². The second-order valence-electron chi connectivity index (χ2n) is 6.50. The fourth-order valence-corrected chi connectivity index (χ4v) is 2.28. The minimum absolute atomic E-state index is 0.161. The highest BCUT2D eigenvalue weighted by Crippen LogP contribution is 2.30. The van der Waals surface area contributed by atoms with Crippen LogP contribution in [0.1, 0.15) is 45.7 Å². The fraction of sp³-hybridized carbons (Fsp3) is 0.500. The zero-order chi connectivity index (χ0) is 14.9. The lowest BCUT2D eigenvalue weighted by molar-refractivity contribution is 0.107. The minimum atomic E-state index is -0.161. The average Bonchev–Trinajstić information content (AvgIpc) is 3.29. The number of rotatable bonds is 6. The molecule has 1 saturated carbocycles. The number of benzene rings is 1. The molecule has 0 saturated heterocycles. The van der Waals surface area contributed by atoms with Crippen molar-refractivity contribution in [1.29, 1.82) is 0 Å². The van der Waals surface area contributed by atoms with E-state index in [1.54, 1.807) is 0 Å². The van der Waals surface area contributed by atoms with Gasteiger partial charge in [0.05, 0.1) is 11.2 Å². The van der Waals surface area contributed by atoms with Crippen molar-refractivity contribution in [2.45, 2.75) is 58.2 Å². The van der Waals surface area contributed by atoms with Gasteiger partial charge in [-0.05, 0) is 45.2 Å². The highest BCUT2D eigenvalue weighted by molar-refractivity contribution is 5.85. The number of fused-ring (bicyclic) bond motifs is 1. The molecule has 0 atom stereocenters. The van der Waals surface area contributed by atoms with Crippen LogP contribution in [-0.4, -0.2) is 16.6 Å². The van der Waals surface area contributed by atoms with E-state index in [9.17, 15) is 0 Å². The molecule has 3 nitrogen and oxygen atoms in total. The maximum absolute atomic E-state index is 6.26. The Hall–Kier alpha value is -1.61. The molecule has 0 amide bonds. The van der Waals surface area contributed by atoms with Crippen LogP contribution in [0.5, 0.6) is 5.75 Å². The van der Waals surface area contributed by atoms with Crippen LogP contribution in [0.25, 0.3) is 10.9 Å². The lowest BCUT2D eigenvalue weighted by atomic mass is 10.1. The van der Waals surface area contributed by atoms with Gasteiger partial charge in [-0.3, -0.25) is 4.98 Å². The first-order valence-electron chi connectivity index (χ1n) is 7.88. The smallest absolute Gasteiger partial charge is 0.131 e. The summed E-state index contributed by atoms with van der Waals surface area (Å²) in [5.41, 5.74) is 1.91. The van der Waals surface area contributed by atoms with Crippen LogP contribution in [0.4, 0.5) is 0 Å². The maximum Gasteiger partial charge on any atom is 0.131 e. The average molecular weight is 284 g/mol. The molecule has 1 N–H and O–H groups in total. The summed E-state index contributed by atoms with van der Waals surface area (Å²) in [5, 5.41) is 4.62. The summed E-state index contributed by atoms with van der Waals surface area (Å²) in [7, 11) is 0. The summed E-state index contributed by atoms with van der Waals surface area (Å²) >= 11 is 0. The van der Waals surface area contributed by atoms with Gasteiger partial charge in [0.25, 0.3) is 0 Å². The number of ether oxygens (including phenoxy) is 1. The molecule has 112 valence electrons. The van der Waals surface area contributed by atoms with Crippen molar-refractivity contribution in [3.8, 4) is 5.75 Å². The van der Waals surface area contributed by atoms with Crippen molar-refractivity contribution < 1.29 is 4.74 Å². The quantitative estimate of drug-likeness (QED) is 0.868. The Morgan fingerprint density at radius 1 is 1.29 bits per heavy atom. The van der Waals surface area contributed by atoms with E-state index in [0.29, 0.717) is 6.04 Å². The van der Waals surface area contributed by atoms with Gasteiger partial charge < -0.3 is 10.1 Å². The second-order valence-corrected chi connectivity index (χ2v) is 6.50. The Morgan fingerprint density at radius 3 is 2.76 bits per heavy atom. The van der Waals surface area contributed by atoms with E-state index in [4.69, 9.17) is 9.72 Å². The first-order valence-corrected chi connectivity index (χ1v) is 7.88. The molecule has 1 aliphatic rings. The fourth-order valence-electron chi connectivity index (χ4n) is 2.28. The van der Waals surface area contributed by atoms with Gasteiger partial charge in [-0.2, -0.15) is 0 Å². The number of pyridine rings is 1. The summed E-state index contributed by atoms with van der Waals surface area (Å²) in [6.07, 6.45) is 3.55. The van der Waals surface area contributed by atoms with Crippen LogP contribution in [-0.2, 0) is 6.54 Å². The number of nitrogens with one attached hydrogen (secondary N) is 1. The van der Waals surface area contributed by atoms with Crippen LogP contribution >= 0.6 is 0 Å². The minimum Gasteiger partial charge on any atom is -0.487 e. The normalized spacial score (nSPS) is 15.4. The molecule has 0 spiro atoms. The largest absolute Gasteiger partial charge is 0.487 e. The number of para-hydroxylation sites is 1. The van der Waals surface area contributed by atoms with Gasteiger partial charge >= 0.3 is 0 Å². The Balaban J connectivity index is 1.93. The Kier molecular flexibility index (Phi) is 3.85. The van der Waals surface area contributed by atoms with Crippen molar-refractivity contribution >= 4 is 10.9 Å². The molecule has 0 unspecified atom stereocenters. The monoisotopic (exact) mass is 284 g/mol. The van der Waals surface area contributed by atoms with Crippen LogP contribution < -0.4 is 10.1 Å². The van der Waals surface area contributed by atoms with E-state index >= 15 is 0 Å². The van der Waals surface area contributed by atoms with E-state index in [-0.39, 0.29) is 5.60 Å². The SMILES string of the molecule is CCC(C)(C)Oc1cc(CNC2CC2)nc2ccccc12. The number of aromatic nitrogens is 1. The van der Waals surface area contributed by atoms with Gasteiger partial charge in [0.15, 0.2) is 0 Å². The summed E-state index contributed by atoms with van der Waals surface area (Å²) in [6, 6.07) is 11.0. The topological polar surface area (TPSA) is 34.1 Å². The predicted molar refractivity (Wildman–Crippen MR) is 86.6 cm³/mol. The molecule has 2 aromatic rings. The van der Waals surface area contributed by atoms with Crippen LogP contribution in [0.2, 0.25) is 0 Å². The van der Waals surface area contributed by atoms with Gasteiger partial charge in [-0.25, -0.2) is 0 Å². The lowest BCUT2D eigenvalue weighted by Crippen LogP contribution is -2.27. The third kappa shape index (κ3) is 3.53. The highest BCUT2D eigenvalue weighted by atomic mass is 16.5.